The van der Waals surface area contributed by atoms with Gasteiger partial charge in [-0.15, -0.1) is 0 Å². The largest absolute Gasteiger partial charge is 0.459 e. The molecule has 3 heterocycles. The first-order chi connectivity index (χ1) is 15.4. The molecule has 1 fully saturated rings. The molecule has 32 heavy (non-hydrogen) atoms. The van der Waals surface area contributed by atoms with E-state index in [1.165, 1.54) is 11.2 Å². The highest BCUT2D eigenvalue weighted by molar-refractivity contribution is 5.91. The van der Waals surface area contributed by atoms with Gasteiger partial charge in [-0.05, 0) is 24.3 Å². The average Bonchev–Trinajstić information content (AvgIpc) is 3.46. The number of hydrogen-bond acceptors (Lipinski definition) is 8. The predicted molar refractivity (Wildman–Crippen MR) is 104 cm³/mol. The second-order valence-electron chi connectivity index (χ2n) is 6.86. The van der Waals surface area contributed by atoms with Crippen LogP contribution in [-0.4, -0.2) is 54.5 Å². The molecule has 1 saturated heterocycles. The van der Waals surface area contributed by atoms with E-state index in [1.807, 2.05) is 6.07 Å². The van der Waals surface area contributed by atoms with Gasteiger partial charge in [0.2, 0.25) is 11.6 Å². The zero-order valence-electron chi connectivity index (χ0n) is 16.6. The molecule has 3 aromatic rings. The van der Waals surface area contributed by atoms with Crippen molar-refractivity contribution in [1.29, 1.82) is 5.26 Å². The number of nitriles is 1. The third-order valence-corrected chi connectivity index (χ3v) is 4.79. The number of anilines is 1. The quantitative estimate of drug-likeness (QED) is 0.554. The number of piperazine rings is 1. The number of benzene rings is 1. The van der Waals surface area contributed by atoms with Gasteiger partial charge in [-0.3, -0.25) is 4.79 Å². The SMILES string of the molecule is N#Cc1nc(-c2ccco2)oc1N1CCN(C(=O)COC(=O)c2cc(F)cc(F)c2)CC1. The topological polar surface area (TPSA) is 113 Å². The van der Waals surface area contributed by atoms with Crippen LogP contribution in [0.3, 0.4) is 0 Å². The fourth-order valence-corrected chi connectivity index (χ4v) is 3.24. The Labute approximate surface area is 180 Å². The van der Waals surface area contributed by atoms with Crippen LogP contribution in [0.4, 0.5) is 14.7 Å². The molecule has 1 aromatic carbocycles. The molecule has 164 valence electrons. The van der Waals surface area contributed by atoms with Crippen molar-refractivity contribution in [3.63, 3.8) is 0 Å². The second kappa shape index (κ2) is 8.89. The first kappa shape index (κ1) is 21.0. The lowest BCUT2D eigenvalue weighted by Gasteiger charge is -2.34. The Bertz CT molecular complexity index is 1160. The number of carbonyl (C=O) groups is 2. The highest BCUT2D eigenvalue weighted by atomic mass is 19.1. The Morgan fingerprint density at radius 2 is 1.88 bits per heavy atom. The summed E-state index contributed by atoms with van der Waals surface area (Å²) in [6.07, 6.45) is 1.47. The number of nitrogens with zero attached hydrogens (tertiary/aromatic N) is 4. The molecule has 0 radical (unpaired) electrons. The van der Waals surface area contributed by atoms with Crippen molar-refractivity contribution in [2.45, 2.75) is 0 Å². The van der Waals surface area contributed by atoms with E-state index < -0.39 is 30.1 Å². The predicted octanol–water partition coefficient (Wildman–Crippen LogP) is 2.59. The molecular formula is C21H16F2N4O5. The van der Waals surface area contributed by atoms with Crippen molar-refractivity contribution in [3.05, 3.63) is 59.5 Å². The van der Waals surface area contributed by atoms with Crippen LogP contribution in [0.25, 0.3) is 11.7 Å². The molecule has 1 amide bonds. The molecule has 0 N–H and O–H groups in total. The van der Waals surface area contributed by atoms with E-state index in [0.29, 0.717) is 24.9 Å². The highest BCUT2D eigenvalue weighted by Crippen LogP contribution is 2.29. The fraction of sp³-hybridized carbons (Fsp3) is 0.238. The number of carbonyl (C=O) groups excluding carboxylic acids is 2. The molecule has 0 saturated carbocycles. The lowest BCUT2D eigenvalue weighted by molar-refractivity contribution is -0.134. The maximum Gasteiger partial charge on any atom is 0.338 e. The summed E-state index contributed by atoms with van der Waals surface area (Å²) >= 11 is 0. The van der Waals surface area contributed by atoms with E-state index in [1.54, 1.807) is 17.0 Å². The minimum absolute atomic E-state index is 0.104. The van der Waals surface area contributed by atoms with Gasteiger partial charge in [0.15, 0.2) is 12.4 Å². The van der Waals surface area contributed by atoms with Crippen LogP contribution >= 0.6 is 0 Å². The van der Waals surface area contributed by atoms with Crippen molar-refractivity contribution >= 4 is 17.8 Å². The monoisotopic (exact) mass is 442 g/mol. The molecule has 11 heteroatoms. The van der Waals surface area contributed by atoms with Gasteiger partial charge >= 0.3 is 5.97 Å². The van der Waals surface area contributed by atoms with E-state index >= 15 is 0 Å². The van der Waals surface area contributed by atoms with Crippen molar-refractivity contribution < 1.29 is 31.9 Å². The molecule has 4 rings (SSSR count). The lowest BCUT2D eigenvalue weighted by atomic mass is 10.2. The smallest absolute Gasteiger partial charge is 0.338 e. The molecule has 9 nitrogen and oxygen atoms in total. The van der Waals surface area contributed by atoms with Crippen molar-refractivity contribution in [2.75, 3.05) is 37.7 Å². The number of oxazole rings is 1. The fourth-order valence-electron chi connectivity index (χ4n) is 3.24. The van der Waals surface area contributed by atoms with Crippen LogP contribution < -0.4 is 4.90 Å². The van der Waals surface area contributed by atoms with E-state index in [0.717, 1.165) is 12.1 Å². The third-order valence-electron chi connectivity index (χ3n) is 4.79. The maximum absolute atomic E-state index is 13.2. The number of amides is 1. The summed E-state index contributed by atoms with van der Waals surface area (Å²) in [5.74, 6) is -2.43. The van der Waals surface area contributed by atoms with E-state index in [2.05, 4.69) is 4.98 Å². The zero-order valence-corrected chi connectivity index (χ0v) is 16.6. The maximum atomic E-state index is 13.2. The summed E-state index contributed by atoms with van der Waals surface area (Å²) in [5.41, 5.74) is -0.214. The van der Waals surface area contributed by atoms with Gasteiger partial charge in [0, 0.05) is 32.2 Å². The normalized spacial score (nSPS) is 13.7. The number of aromatic nitrogens is 1. The van der Waals surface area contributed by atoms with E-state index in [4.69, 9.17) is 13.6 Å². The summed E-state index contributed by atoms with van der Waals surface area (Å²) in [7, 11) is 0. The van der Waals surface area contributed by atoms with Gasteiger partial charge in [-0.1, -0.05) is 0 Å². The number of rotatable bonds is 5. The van der Waals surface area contributed by atoms with Crippen molar-refractivity contribution in [2.24, 2.45) is 0 Å². The first-order valence-corrected chi connectivity index (χ1v) is 9.55. The Kier molecular flexibility index (Phi) is 5.85. The van der Waals surface area contributed by atoms with E-state index in [9.17, 15) is 23.6 Å². The molecule has 0 unspecified atom stereocenters. The number of ether oxygens (including phenoxy) is 1. The molecule has 0 bridgehead atoms. The van der Waals surface area contributed by atoms with Crippen LogP contribution in [0.15, 0.2) is 45.4 Å². The van der Waals surface area contributed by atoms with Crippen LogP contribution in [0.5, 0.6) is 0 Å². The van der Waals surface area contributed by atoms with Crippen molar-refractivity contribution in [1.82, 2.24) is 9.88 Å². The molecule has 1 aliphatic rings. The minimum Gasteiger partial charge on any atom is -0.459 e. The second-order valence-corrected chi connectivity index (χ2v) is 6.86. The Balaban J connectivity index is 1.33. The van der Waals surface area contributed by atoms with E-state index in [-0.39, 0.29) is 36.1 Å². The number of halogens is 2. The van der Waals surface area contributed by atoms with Gasteiger partial charge in [0.25, 0.3) is 11.8 Å². The number of hydrogen-bond donors (Lipinski definition) is 0. The van der Waals surface area contributed by atoms with Gasteiger partial charge < -0.3 is 23.4 Å². The lowest BCUT2D eigenvalue weighted by Crippen LogP contribution is -2.50. The average molecular weight is 442 g/mol. The Morgan fingerprint density at radius 3 is 2.50 bits per heavy atom. The summed E-state index contributed by atoms with van der Waals surface area (Å²) in [6.45, 7) is 0.719. The summed E-state index contributed by atoms with van der Waals surface area (Å²) in [6, 6.07) is 7.61. The van der Waals surface area contributed by atoms with Gasteiger partial charge in [0.1, 0.15) is 17.7 Å². The van der Waals surface area contributed by atoms with Crippen LogP contribution in [0, 0.1) is 23.0 Å². The first-order valence-electron chi connectivity index (χ1n) is 9.55. The van der Waals surface area contributed by atoms with Crippen LogP contribution in [0.1, 0.15) is 16.1 Å². The van der Waals surface area contributed by atoms with Crippen LogP contribution in [0.2, 0.25) is 0 Å². The highest BCUT2D eigenvalue weighted by Gasteiger charge is 2.27. The van der Waals surface area contributed by atoms with Gasteiger partial charge in [0.05, 0.1) is 11.8 Å². The number of furan rings is 1. The molecule has 0 atom stereocenters. The molecule has 0 aliphatic carbocycles. The molecule has 2 aromatic heterocycles. The third kappa shape index (κ3) is 4.44. The van der Waals surface area contributed by atoms with Gasteiger partial charge in [-0.2, -0.15) is 10.2 Å². The minimum atomic E-state index is -0.999. The summed E-state index contributed by atoms with van der Waals surface area (Å²) in [5, 5.41) is 9.36. The standard InChI is InChI=1S/C21H16F2N4O5/c22-14-8-13(9-15(23)10-14)21(29)31-12-18(28)26-3-5-27(6-4-26)20-16(11-24)25-19(32-20)17-2-1-7-30-17/h1-2,7-10H,3-6,12H2. The summed E-state index contributed by atoms with van der Waals surface area (Å²) < 4.78 is 42.3. The van der Waals surface area contributed by atoms with Crippen molar-refractivity contribution in [3.8, 4) is 17.7 Å². The zero-order chi connectivity index (χ0) is 22.7. The Hall–Kier alpha value is -4.20. The summed E-state index contributed by atoms with van der Waals surface area (Å²) in [4.78, 5) is 31.7. The molecule has 1 aliphatic heterocycles. The molecule has 0 spiro atoms. The van der Waals surface area contributed by atoms with Gasteiger partial charge in [-0.25, -0.2) is 13.6 Å². The van der Waals surface area contributed by atoms with Crippen LogP contribution in [-0.2, 0) is 9.53 Å². The number of esters is 1. The molecular weight excluding hydrogens is 426 g/mol. The Morgan fingerprint density at radius 1 is 1.16 bits per heavy atom.